The lowest BCUT2D eigenvalue weighted by atomic mass is 10.1. The maximum atomic E-state index is 11.2. The van der Waals surface area contributed by atoms with Crippen LogP contribution < -0.4 is 5.73 Å². The number of oxazole rings is 1. The standard InChI is InChI=1S/C21H21N5O3S/c1-14-4-6-15(7-5-14)20-23-16(12-29-20)13-30-21-25-24-19(9-8-18(22)27)26(21)11-17-3-2-10-28-17/h2-7,10,12H,8-9,11,13H2,1H3,(H2,22,27). The van der Waals surface area contributed by atoms with E-state index in [4.69, 9.17) is 14.6 Å². The number of amides is 1. The van der Waals surface area contributed by atoms with E-state index in [-0.39, 0.29) is 12.3 Å². The van der Waals surface area contributed by atoms with Gasteiger partial charge in [0, 0.05) is 24.2 Å². The fraction of sp³-hybridized carbons (Fsp3) is 0.238. The van der Waals surface area contributed by atoms with E-state index in [1.807, 2.05) is 47.9 Å². The number of hydrogen-bond acceptors (Lipinski definition) is 7. The van der Waals surface area contributed by atoms with E-state index in [1.54, 1.807) is 12.5 Å². The number of benzene rings is 1. The summed E-state index contributed by atoms with van der Waals surface area (Å²) in [6, 6.07) is 11.7. The van der Waals surface area contributed by atoms with Crippen LogP contribution in [0.1, 0.15) is 29.3 Å². The Labute approximate surface area is 177 Å². The van der Waals surface area contributed by atoms with Crippen LogP contribution in [0.15, 0.2) is 62.9 Å². The van der Waals surface area contributed by atoms with Gasteiger partial charge < -0.3 is 14.6 Å². The van der Waals surface area contributed by atoms with E-state index < -0.39 is 0 Å². The minimum atomic E-state index is -0.372. The Bertz CT molecular complexity index is 1120. The van der Waals surface area contributed by atoms with E-state index in [9.17, 15) is 4.79 Å². The third-order valence-electron chi connectivity index (χ3n) is 4.48. The average molecular weight is 423 g/mol. The van der Waals surface area contributed by atoms with Crippen molar-refractivity contribution >= 4 is 17.7 Å². The normalized spacial score (nSPS) is 11.1. The van der Waals surface area contributed by atoms with Gasteiger partial charge >= 0.3 is 0 Å². The monoisotopic (exact) mass is 423 g/mol. The molecule has 1 aromatic carbocycles. The highest BCUT2D eigenvalue weighted by atomic mass is 32.2. The van der Waals surface area contributed by atoms with Crippen molar-refractivity contribution in [3.63, 3.8) is 0 Å². The van der Waals surface area contributed by atoms with Gasteiger partial charge in [-0.1, -0.05) is 29.5 Å². The molecule has 0 radical (unpaired) electrons. The molecule has 8 nitrogen and oxygen atoms in total. The van der Waals surface area contributed by atoms with Crippen molar-refractivity contribution in [1.29, 1.82) is 0 Å². The molecular weight excluding hydrogens is 402 g/mol. The molecule has 0 atom stereocenters. The molecule has 0 aliphatic rings. The summed E-state index contributed by atoms with van der Waals surface area (Å²) in [5.41, 5.74) is 8.22. The predicted octanol–water partition coefficient (Wildman–Crippen LogP) is 3.59. The molecule has 3 aromatic heterocycles. The fourth-order valence-electron chi connectivity index (χ4n) is 2.90. The molecule has 0 unspecified atom stereocenters. The van der Waals surface area contributed by atoms with Crippen LogP contribution in [0.3, 0.4) is 0 Å². The van der Waals surface area contributed by atoms with Crippen molar-refractivity contribution in [2.45, 2.75) is 37.2 Å². The van der Waals surface area contributed by atoms with Crippen LogP contribution in [0, 0.1) is 6.92 Å². The Balaban J connectivity index is 1.48. The van der Waals surface area contributed by atoms with Crippen LogP contribution in [-0.2, 0) is 23.5 Å². The summed E-state index contributed by atoms with van der Waals surface area (Å²) in [6.45, 7) is 2.52. The zero-order valence-corrected chi connectivity index (χ0v) is 17.3. The summed E-state index contributed by atoms with van der Waals surface area (Å²) in [6.07, 6.45) is 3.91. The van der Waals surface area contributed by atoms with Gasteiger partial charge in [0.2, 0.25) is 11.8 Å². The molecule has 0 aliphatic carbocycles. The number of rotatable bonds is 9. The minimum Gasteiger partial charge on any atom is -0.467 e. The van der Waals surface area contributed by atoms with Gasteiger partial charge in [-0.2, -0.15) is 0 Å². The van der Waals surface area contributed by atoms with Gasteiger partial charge in [-0.25, -0.2) is 4.98 Å². The molecule has 0 aliphatic heterocycles. The van der Waals surface area contributed by atoms with Gasteiger partial charge in [0.1, 0.15) is 17.8 Å². The first-order valence-corrected chi connectivity index (χ1v) is 10.4. The second-order valence-electron chi connectivity index (χ2n) is 6.83. The third-order valence-corrected chi connectivity index (χ3v) is 5.48. The Morgan fingerprint density at radius 2 is 2.00 bits per heavy atom. The zero-order chi connectivity index (χ0) is 20.9. The molecule has 4 aromatic rings. The SMILES string of the molecule is Cc1ccc(-c2nc(CSc3nnc(CCC(N)=O)n3Cc3ccco3)co2)cc1. The first-order chi connectivity index (χ1) is 14.6. The number of nitrogens with two attached hydrogens (primary N) is 1. The second kappa shape index (κ2) is 9.00. The molecule has 3 heterocycles. The molecule has 4 rings (SSSR count). The number of primary amides is 1. The number of thioether (sulfide) groups is 1. The van der Waals surface area contributed by atoms with E-state index >= 15 is 0 Å². The highest BCUT2D eigenvalue weighted by molar-refractivity contribution is 7.98. The van der Waals surface area contributed by atoms with Crippen molar-refractivity contribution in [3.05, 3.63) is 71.8 Å². The van der Waals surface area contributed by atoms with E-state index in [2.05, 4.69) is 15.2 Å². The molecule has 1 amide bonds. The van der Waals surface area contributed by atoms with Gasteiger partial charge in [-0.3, -0.25) is 9.36 Å². The van der Waals surface area contributed by atoms with Gasteiger partial charge in [0.05, 0.1) is 18.5 Å². The van der Waals surface area contributed by atoms with Crippen molar-refractivity contribution in [3.8, 4) is 11.5 Å². The van der Waals surface area contributed by atoms with Crippen molar-refractivity contribution in [1.82, 2.24) is 19.7 Å². The van der Waals surface area contributed by atoms with Gasteiger partial charge in [0.25, 0.3) is 0 Å². The van der Waals surface area contributed by atoms with Crippen LogP contribution in [0.5, 0.6) is 0 Å². The molecule has 2 N–H and O–H groups in total. The van der Waals surface area contributed by atoms with Crippen LogP contribution >= 0.6 is 11.8 Å². The molecule has 0 fully saturated rings. The summed E-state index contributed by atoms with van der Waals surface area (Å²) in [5, 5.41) is 9.24. The highest BCUT2D eigenvalue weighted by Gasteiger charge is 2.16. The molecule has 30 heavy (non-hydrogen) atoms. The van der Waals surface area contributed by atoms with Crippen LogP contribution in [0.4, 0.5) is 0 Å². The van der Waals surface area contributed by atoms with E-state index in [0.717, 1.165) is 17.0 Å². The van der Waals surface area contributed by atoms with Gasteiger partial charge in [-0.15, -0.1) is 10.2 Å². The molecule has 0 bridgehead atoms. The minimum absolute atomic E-state index is 0.212. The lowest BCUT2D eigenvalue weighted by Crippen LogP contribution is -2.14. The molecule has 0 saturated heterocycles. The van der Waals surface area contributed by atoms with Crippen LogP contribution in [0.2, 0.25) is 0 Å². The third kappa shape index (κ3) is 4.80. The highest BCUT2D eigenvalue weighted by Crippen LogP contribution is 2.26. The lowest BCUT2D eigenvalue weighted by Gasteiger charge is -2.07. The fourth-order valence-corrected chi connectivity index (χ4v) is 3.74. The predicted molar refractivity (Wildman–Crippen MR) is 112 cm³/mol. The Morgan fingerprint density at radius 3 is 2.73 bits per heavy atom. The van der Waals surface area contributed by atoms with Gasteiger partial charge in [0.15, 0.2) is 5.16 Å². The summed E-state index contributed by atoms with van der Waals surface area (Å²) in [5.74, 6) is 2.25. The van der Waals surface area contributed by atoms with Crippen LogP contribution in [0.25, 0.3) is 11.5 Å². The first kappa shape index (κ1) is 20.0. The maximum Gasteiger partial charge on any atom is 0.226 e. The maximum absolute atomic E-state index is 11.2. The number of aryl methyl sites for hydroxylation is 2. The topological polar surface area (TPSA) is 113 Å². The zero-order valence-electron chi connectivity index (χ0n) is 16.4. The average Bonchev–Trinajstić information content (AvgIpc) is 3.48. The van der Waals surface area contributed by atoms with E-state index in [0.29, 0.717) is 35.6 Å². The van der Waals surface area contributed by atoms with Gasteiger partial charge in [-0.05, 0) is 31.2 Å². The Morgan fingerprint density at radius 1 is 1.17 bits per heavy atom. The smallest absolute Gasteiger partial charge is 0.226 e. The number of carbonyl (C=O) groups is 1. The molecular formula is C21H21N5O3S. The summed E-state index contributed by atoms with van der Waals surface area (Å²) in [7, 11) is 0. The summed E-state index contributed by atoms with van der Waals surface area (Å²) < 4.78 is 13.0. The van der Waals surface area contributed by atoms with Crippen molar-refractivity contribution < 1.29 is 13.6 Å². The number of nitrogens with zero attached hydrogens (tertiary/aromatic N) is 4. The number of furan rings is 1. The molecule has 154 valence electrons. The largest absolute Gasteiger partial charge is 0.467 e. The molecule has 0 saturated carbocycles. The first-order valence-electron chi connectivity index (χ1n) is 9.45. The molecule has 0 spiro atoms. The Kier molecular flexibility index (Phi) is 5.99. The Hall–Kier alpha value is -3.33. The second-order valence-corrected chi connectivity index (χ2v) is 7.77. The van der Waals surface area contributed by atoms with Crippen molar-refractivity contribution in [2.24, 2.45) is 5.73 Å². The van der Waals surface area contributed by atoms with E-state index in [1.165, 1.54) is 17.3 Å². The van der Waals surface area contributed by atoms with Crippen LogP contribution in [-0.4, -0.2) is 25.7 Å². The molecule has 9 heteroatoms. The van der Waals surface area contributed by atoms with Crippen molar-refractivity contribution in [2.75, 3.05) is 0 Å². The summed E-state index contributed by atoms with van der Waals surface area (Å²) >= 11 is 1.50. The number of hydrogen-bond donors (Lipinski definition) is 1. The quantitative estimate of drug-likeness (QED) is 0.409. The number of carbonyl (C=O) groups excluding carboxylic acids is 1. The summed E-state index contributed by atoms with van der Waals surface area (Å²) in [4.78, 5) is 15.8. The lowest BCUT2D eigenvalue weighted by molar-refractivity contribution is -0.118. The number of aromatic nitrogens is 4.